The number of hydrogen-bond acceptors (Lipinski definition) is 5. The van der Waals surface area contributed by atoms with Gasteiger partial charge in [-0.15, -0.1) is 0 Å². The Morgan fingerprint density at radius 1 is 0.966 bits per heavy atom. The minimum atomic E-state index is -0.0442. The lowest BCUT2D eigenvalue weighted by Gasteiger charge is -2.06. The number of hydrogen-bond donors (Lipinski definition) is 1. The van der Waals surface area contributed by atoms with Gasteiger partial charge in [-0.1, -0.05) is 18.2 Å². The fourth-order valence-corrected chi connectivity index (χ4v) is 3.27. The normalized spacial score (nSPS) is 12.3. The molecule has 29 heavy (non-hydrogen) atoms. The third-order valence-electron chi connectivity index (χ3n) is 4.79. The van der Waals surface area contributed by atoms with Gasteiger partial charge in [0.1, 0.15) is 5.52 Å². The van der Waals surface area contributed by atoms with Crippen molar-refractivity contribution >= 4 is 22.7 Å². The molecule has 1 N–H and O–H groups in total. The van der Waals surface area contributed by atoms with E-state index in [9.17, 15) is 4.79 Å². The Morgan fingerprint density at radius 2 is 1.79 bits per heavy atom. The second-order valence-electron chi connectivity index (χ2n) is 6.80. The number of amides is 1. The van der Waals surface area contributed by atoms with Crippen LogP contribution in [0.3, 0.4) is 0 Å². The molecule has 1 aliphatic heterocycles. The number of rotatable bonds is 5. The maximum absolute atomic E-state index is 12.3. The smallest absolute Gasteiger partial charge is 0.231 e. The molecule has 6 heteroatoms. The Balaban J connectivity index is 1.21. The third kappa shape index (κ3) is 3.65. The topological polar surface area (TPSA) is 73.6 Å². The first-order chi connectivity index (χ1) is 14.2. The molecule has 1 amide bonds. The zero-order valence-corrected chi connectivity index (χ0v) is 15.6. The molecule has 5 rings (SSSR count). The van der Waals surface area contributed by atoms with Crippen molar-refractivity contribution in [2.75, 3.05) is 12.1 Å². The van der Waals surface area contributed by atoms with Crippen LogP contribution in [0.1, 0.15) is 12.0 Å². The van der Waals surface area contributed by atoms with Gasteiger partial charge >= 0.3 is 0 Å². The van der Waals surface area contributed by atoms with Crippen molar-refractivity contribution in [3.05, 3.63) is 72.3 Å². The van der Waals surface area contributed by atoms with Crippen LogP contribution < -0.4 is 14.8 Å². The van der Waals surface area contributed by atoms with Crippen LogP contribution in [0, 0.1) is 0 Å². The van der Waals surface area contributed by atoms with E-state index in [1.165, 1.54) is 0 Å². The average molecular weight is 386 g/mol. The highest BCUT2D eigenvalue weighted by Gasteiger charge is 2.14. The number of aryl methyl sites for hydroxylation is 1. The molecule has 144 valence electrons. The number of nitrogens with zero attached hydrogens (tertiary/aromatic N) is 1. The molecule has 0 saturated heterocycles. The Bertz CT molecular complexity index is 1150. The fourth-order valence-electron chi connectivity index (χ4n) is 3.27. The number of fused-ring (bicyclic) bond motifs is 2. The summed E-state index contributed by atoms with van der Waals surface area (Å²) in [6.07, 6.45) is 1.01. The van der Waals surface area contributed by atoms with Crippen LogP contribution in [-0.4, -0.2) is 17.7 Å². The lowest BCUT2D eigenvalue weighted by atomic mass is 10.1. The highest BCUT2D eigenvalue weighted by molar-refractivity contribution is 5.91. The van der Waals surface area contributed by atoms with Gasteiger partial charge in [0, 0.05) is 17.7 Å². The maximum atomic E-state index is 12.3. The highest BCUT2D eigenvalue weighted by atomic mass is 16.7. The number of carbonyl (C=O) groups is 1. The van der Waals surface area contributed by atoms with Crippen molar-refractivity contribution in [1.29, 1.82) is 0 Å². The van der Waals surface area contributed by atoms with Gasteiger partial charge in [-0.2, -0.15) is 0 Å². The Morgan fingerprint density at radius 3 is 2.66 bits per heavy atom. The molecular weight excluding hydrogens is 368 g/mol. The summed E-state index contributed by atoms with van der Waals surface area (Å²) in [7, 11) is 0. The van der Waals surface area contributed by atoms with Crippen LogP contribution in [0.4, 0.5) is 5.69 Å². The van der Waals surface area contributed by atoms with Gasteiger partial charge in [0.2, 0.25) is 18.6 Å². The molecule has 2 heterocycles. The largest absolute Gasteiger partial charge is 0.454 e. The summed E-state index contributed by atoms with van der Waals surface area (Å²) >= 11 is 0. The van der Waals surface area contributed by atoms with E-state index in [2.05, 4.69) is 10.3 Å². The minimum Gasteiger partial charge on any atom is -0.454 e. The molecule has 4 aromatic rings. The molecular formula is C23H18N2O4. The van der Waals surface area contributed by atoms with Crippen molar-refractivity contribution in [3.63, 3.8) is 0 Å². The molecule has 1 aliphatic rings. The van der Waals surface area contributed by atoms with Crippen molar-refractivity contribution in [2.45, 2.75) is 12.8 Å². The van der Waals surface area contributed by atoms with Crippen molar-refractivity contribution in [3.8, 4) is 23.0 Å². The van der Waals surface area contributed by atoms with Crippen LogP contribution in [0.25, 0.3) is 22.6 Å². The first kappa shape index (κ1) is 17.3. The summed E-state index contributed by atoms with van der Waals surface area (Å²) in [5.74, 6) is 2.00. The molecule has 0 fully saturated rings. The zero-order chi connectivity index (χ0) is 19.6. The maximum Gasteiger partial charge on any atom is 0.231 e. The van der Waals surface area contributed by atoms with Gasteiger partial charge in [0.15, 0.2) is 17.1 Å². The van der Waals surface area contributed by atoms with Gasteiger partial charge in [0.05, 0.1) is 0 Å². The van der Waals surface area contributed by atoms with E-state index in [1.807, 2.05) is 66.7 Å². The first-order valence-electron chi connectivity index (χ1n) is 9.39. The summed E-state index contributed by atoms with van der Waals surface area (Å²) in [6.45, 7) is 0.249. The number of oxazole rings is 1. The summed E-state index contributed by atoms with van der Waals surface area (Å²) in [5, 5.41) is 2.92. The van der Waals surface area contributed by atoms with E-state index in [1.54, 1.807) is 0 Å². The molecule has 0 spiro atoms. The summed E-state index contributed by atoms with van der Waals surface area (Å²) in [5.41, 5.74) is 4.21. The number of aromatic nitrogens is 1. The molecule has 0 aliphatic carbocycles. The highest BCUT2D eigenvalue weighted by Crippen LogP contribution is 2.32. The quantitative estimate of drug-likeness (QED) is 0.534. The van der Waals surface area contributed by atoms with E-state index < -0.39 is 0 Å². The van der Waals surface area contributed by atoms with Crippen LogP contribution in [0.2, 0.25) is 0 Å². The number of nitrogens with one attached hydrogen (secondary N) is 1. The van der Waals surface area contributed by atoms with Crippen LogP contribution in [0.5, 0.6) is 11.5 Å². The first-order valence-corrected chi connectivity index (χ1v) is 9.39. The number of carbonyl (C=O) groups excluding carboxylic acids is 1. The Hall–Kier alpha value is -3.80. The molecule has 0 bridgehead atoms. The predicted octanol–water partition coefficient (Wildman–Crippen LogP) is 4.79. The van der Waals surface area contributed by atoms with Gasteiger partial charge in [-0.3, -0.25) is 4.79 Å². The summed E-state index contributed by atoms with van der Waals surface area (Å²) in [4.78, 5) is 16.8. The van der Waals surface area contributed by atoms with Crippen LogP contribution in [-0.2, 0) is 11.2 Å². The number of para-hydroxylation sites is 2. The molecule has 6 nitrogen and oxygen atoms in total. The van der Waals surface area contributed by atoms with Crippen molar-refractivity contribution in [1.82, 2.24) is 4.98 Å². The number of ether oxygens (including phenoxy) is 2. The van der Waals surface area contributed by atoms with Crippen molar-refractivity contribution < 1.29 is 18.7 Å². The summed E-state index contributed by atoms with van der Waals surface area (Å²) < 4.78 is 16.5. The fraction of sp³-hybridized carbons (Fsp3) is 0.130. The van der Waals surface area contributed by atoms with E-state index in [-0.39, 0.29) is 12.7 Å². The third-order valence-corrected chi connectivity index (χ3v) is 4.79. The standard InChI is InChI=1S/C23H18N2O4/c26-22(12-6-15-5-11-20-21(13-15)28-14-27-20)24-17-9-7-16(8-10-17)23-25-18-3-1-2-4-19(18)29-23/h1-5,7-11,13H,6,12,14H2,(H,24,26). The Kier molecular flexibility index (Phi) is 4.37. The van der Waals surface area contributed by atoms with Gasteiger partial charge in [0.25, 0.3) is 0 Å². The molecule has 0 radical (unpaired) electrons. The number of anilines is 1. The Labute approximate surface area is 167 Å². The minimum absolute atomic E-state index is 0.0442. The van der Waals surface area contributed by atoms with E-state index in [0.717, 1.165) is 39.4 Å². The lowest BCUT2D eigenvalue weighted by molar-refractivity contribution is -0.116. The lowest BCUT2D eigenvalue weighted by Crippen LogP contribution is -2.12. The monoisotopic (exact) mass is 386 g/mol. The molecule has 1 aromatic heterocycles. The second kappa shape index (κ2) is 7.31. The van der Waals surface area contributed by atoms with Crippen LogP contribution >= 0.6 is 0 Å². The van der Waals surface area contributed by atoms with E-state index >= 15 is 0 Å². The van der Waals surface area contributed by atoms with Gasteiger partial charge in [-0.05, 0) is 60.5 Å². The molecule has 3 aromatic carbocycles. The SMILES string of the molecule is O=C(CCc1ccc2c(c1)OCO2)Nc1ccc(-c2nc3ccccc3o2)cc1. The van der Waals surface area contributed by atoms with E-state index in [4.69, 9.17) is 13.9 Å². The second-order valence-corrected chi connectivity index (χ2v) is 6.80. The molecule has 0 unspecified atom stereocenters. The van der Waals surface area contributed by atoms with E-state index in [0.29, 0.717) is 18.7 Å². The van der Waals surface area contributed by atoms with Crippen LogP contribution in [0.15, 0.2) is 71.1 Å². The van der Waals surface area contributed by atoms with Gasteiger partial charge < -0.3 is 19.2 Å². The van der Waals surface area contributed by atoms with Gasteiger partial charge in [-0.25, -0.2) is 4.98 Å². The summed E-state index contributed by atoms with van der Waals surface area (Å²) in [6, 6.07) is 20.9. The average Bonchev–Trinajstić information content (AvgIpc) is 3.39. The molecule has 0 saturated carbocycles. The zero-order valence-electron chi connectivity index (χ0n) is 15.6. The molecule has 0 atom stereocenters. The van der Waals surface area contributed by atoms with Crippen molar-refractivity contribution in [2.24, 2.45) is 0 Å². The number of benzene rings is 3. The predicted molar refractivity (Wildman–Crippen MR) is 109 cm³/mol.